The second-order valence-electron chi connectivity index (χ2n) is 15.8. The van der Waals surface area contributed by atoms with Crippen LogP contribution in [-0.2, 0) is 17.4 Å². The average molecular weight is 749 g/mol. The van der Waals surface area contributed by atoms with Gasteiger partial charge >= 0.3 is 0 Å². The molecule has 4 N–H and O–H groups in total. The highest BCUT2D eigenvalue weighted by atomic mass is 14.5. The Kier molecular flexibility index (Phi) is 9.61. The summed E-state index contributed by atoms with van der Waals surface area (Å²) in [6.07, 6.45) is 0. The molecule has 0 saturated carbocycles. The quantitative estimate of drug-likeness (QED) is 0.172. The molecule has 0 aromatic heterocycles. The van der Waals surface area contributed by atoms with Crippen molar-refractivity contribution in [2.45, 2.75) is 31.2 Å². The van der Waals surface area contributed by atoms with Crippen molar-refractivity contribution in [3.63, 3.8) is 0 Å². The first-order valence-electron chi connectivity index (χ1n) is 20.3. The Balaban J connectivity index is 0.000000388. The SMILES string of the molecule is CC(C)(c1ccc(-c2ccccc2)cc1)c1cccc(-c2ccc3c(c2)C2(c4ccccc4-3)c3cccc4ccc5cccc2c5c34)c1.CN.NCc1ccccc1. The molecule has 11 rings (SSSR count). The van der Waals surface area contributed by atoms with Gasteiger partial charge in [-0.05, 0) is 107 Å². The fourth-order valence-corrected chi connectivity index (χ4v) is 9.54. The summed E-state index contributed by atoms with van der Waals surface area (Å²) in [4.78, 5) is 0. The molecule has 0 radical (unpaired) electrons. The first-order valence-corrected chi connectivity index (χ1v) is 20.3. The summed E-state index contributed by atoms with van der Waals surface area (Å²) in [5.41, 5.74) is 26.4. The Morgan fingerprint density at radius 3 is 1.53 bits per heavy atom. The van der Waals surface area contributed by atoms with E-state index in [4.69, 9.17) is 5.73 Å². The molecule has 9 aromatic carbocycles. The van der Waals surface area contributed by atoms with Crippen LogP contribution < -0.4 is 11.5 Å². The molecule has 0 bridgehead atoms. The molecule has 0 amide bonds. The highest BCUT2D eigenvalue weighted by Crippen LogP contribution is 2.62. The minimum Gasteiger partial charge on any atom is -0.333 e. The number of hydrogen-bond acceptors (Lipinski definition) is 2. The normalized spacial score (nSPS) is 12.8. The van der Waals surface area contributed by atoms with Gasteiger partial charge in [-0.25, -0.2) is 0 Å². The van der Waals surface area contributed by atoms with Crippen molar-refractivity contribution in [1.82, 2.24) is 0 Å². The monoisotopic (exact) mass is 748 g/mol. The minimum atomic E-state index is -0.345. The predicted molar refractivity (Wildman–Crippen MR) is 246 cm³/mol. The Morgan fingerprint density at radius 2 is 0.897 bits per heavy atom. The largest absolute Gasteiger partial charge is 0.333 e. The van der Waals surface area contributed by atoms with E-state index in [1.807, 2.05) is 30.3 Å². The van der Waals surface area contributed by atoms with Gasteiger partial charge in [0.05, 0.1) is 5.41 Å². The highest BCUT2D eigenvalue weighted by Gasteiger charge is 2.50. The fraction of sp³-hybridized carbons (Fsp3) is 0.107. The third-order valence-electron chi connectivity index (χ3n) is 12.4. The van der Waals surface area contributed by atoms with Gasteiger partial charge in [0.25, 0.3) is 0 Å². The fourth-order valence-electron chi connectivity index (χ4n) is 9.54. The van der Waals surface area contributed by atoms with Gasteiger partial charge < -0.3 is 11.5 Å². The zero-order valence-electron chi connectivity index (χ0n) is 33.4. The van der Waals surface area contributed by atoms with Gasteiger partial charge in [0.15, 0.2) is 0 Å². The van der Waals surface area contributed by atoms with Crippen LogP contribution in [-0.4, -0.2) is 7.05 Å². The van der Waals surface area contributed by atoms with Gasteiger partial charge in [0.2, 0.25) is 0 Å². The summed E-state index contributed by atoms with van der Waals surface area (Å²) >= 11 is 0. The van der Waals surface area contributed by atoms with Gasteiger partial charge in [0, 0.05) is 12.0 Å². The number of hydrogen-bond donors (Lipinski definition) is 2. The number of rotatable bonds is 5. The molecule has 1 spiro atoms. The lowest BCUT2D eigenvalue weighted by Crippen LogP contribution is -2.26. The Morgan fingerprint density at radius 1 is 0.397 bits per heavy atom. The average Bonchev–Trinajstić information content (AvgIpc) is 3.78. The van der Waals surface area contributed by atoms with Crippen molar-refractivity contribution in [1.29, 1.82) is 0 Å². The van der Waals surface area contributed by atoms with E-state index in [1.54, 1.807) is 0 Å². The maximum Gasteiger partial charge on any atom is 0.0726 e. The molecule has 2 nitrogen and oxygen atoms in total. The molecule has 0 unspecified atom stereocenters. The van der Waals surface area contributed by atoms with Crippen LogP contribution in [0.4, 0.5) is 0 Å². The lowest BCUT2D eigenvalue weighted by Gasteiger charge is -2.31. The third-order valence-corrected chi connectivity index (χ3v) is 12.4. The number of nitrogens with two attached hydrogens (primary N) is 2. The molecule has 58 heavy (non-hydrogen) atoms. The molecule has 2 aliphatic rings. The van der Waals surface area contributed by atoms with E-state index in [2.05, 4.69) is 189 Å². The van der Waals surface area contributed by atoms with E-state index < -0.39 is 0 Å². The van der Waals surface area contributed by atoms with Crippen LogP contribution in [0.25, 0.3) is 54.9 Å². The van der Waals surface area contributed by atoms with Gasteiger partial charge in [-0.3, -0.25) is 0 Å². The van der Waals surface area contributed by atoms with E-state index in [1.165, 1.54) is 101 Å². The van der Waals surface area contributed by atoms with Crippen LogP contribution in [0, 0.1) is 0 Å². The molecule has 0 aliphatic heterocycles. The van der Waals surface area contributed by atoms with Crippen LogP contribution in [0.5, 0.6) is 0 Å². The standard InChI is InChI=1S/C48H34.C7H9N.CH5N/c1-47(2,37-26-23-32(24-27-37)31-11-4-3-5-12-31)38-16-8-15-35(29-38)36-25-28-40-39-17-6-7-18-41(39)48(44(40)30-36)42-19-9-13-33-21-22-34-14-10-20-43(48)46(34)45(33)42;8-6-7-4-2-1-3-5-7;1-2/h3-30H,1-2H3;1-5H,6,8H2;2H2,1H3. The van der Waals surface area contributed by atoms with Gasteiger partial charge in [-0.1, -0.05) is 208 Å². The van der Waals surface area contributed by atoms with E-state index >= 15 is 0 Å². The van der Waals surface area contributed by atoms with Gasteiger partial charge in [-0.15, -0.1) is 0 Å². The number of fused-ring (bicyclic) bond motifs is 7. The van der Waals surface area contributed by atoms with Crippen LogP contribution in [0.1, 0.15) is 52.8 Å². The second-order valence-corrected chi connectivity index (χ2v) is 15.8. The summed E-state index contributed by atoms with van der Waals surface area (Å²) in [6.45, 7) is 5.32. The molecule has 0 atom stereocenters. The summed E-state index contributed by atoms with van der Waals surface area (Å²) in [5.74, 6) is 0. The smallest absolute Gasteiger partial charge is 0.0726 e. The summed E-state index contributed by atoms with van der Waals surface area (Å²) < 4.78 is 0. The molecular formula is C56H48N2. The topological polar surface area (TPSA) is 52.0 Å². The minimum absolute atomic E-state index is 0.155. The maximum atomic E-state index is 5.35. The first-order chi connectivity index (χ1) is 28.5. The molecule has 0 heterocycles. The molecule has 0 fully saturated rings. The summed E-state index contributed by atoms with van der Waals surface area (Å²) in [6, 6.07) is 73.6. The van der Waals surface area contributed by atoms with Crippen molar-refractivity contribution in [3.8, 4) is 33.4 Å². The van der Waals surface area contributed by atoms with Crippen molar-refractivity contribution in [2.75, 3.05) is 7.05 Å². The van der Waals surface area contributed by atoms with E-state index in [9.17, 15) is 0 Å². The third kappa shape index (κ3) is 5.88. The zero-order valence-corrected chi connectivity index (χ0v) is 33.4. The van der Waals surface area contributed by atoms with Crippen molar-refractivity contribution >= 4 is 21.5 Å². The molecule has 0 saturated heterocycles. The van der Waals surface area contributed by atoms with E-state index in [0.717, 1.165) is 0 Å². The van der Waals surface area contributed by atoms with Crippen LogP contribution in [0.15, 0.2) is 200 Å². The molecule has 282 valence electrons. The molecule has 2 aliphatic carbocycles. The highest BCUT2D eigenvalue weighted by molar-refractivity contribution is 6.17. The summed E-state index contributed by atoms with van der Waals surface area (Å²) in [5, 5.41) is 5.44. The number of benzene rings is 9. The Labute approximate surface area is 342 Å². The van der Waals surface area contributed by atoms with E-state index in [0.29, 0.717) is 6.54 Å². The Bertz CT molecular complexity index is 2840. The second kappa shape index (κ2) is 15.1. The Hall–Kier alpha value is -6.58. The molecule has 9 aromatic rings. The molecular weight excluding hydrogens is 701 g/mol. The van der Waals surface area contributed by atoms with Crippen molar-refractivity contribution in [2.24, 2.45) is 11.5 Å². The first kappa shape index (κ1) is 37.0. The van der Waals surface area contributed by atoms with Crippen LogP contribution >= 0.6 is 0 Å². The zero-order chi connectivity index (χ0) is 39.9. The molecule has 2 heteroatoms. The summed E-state index contributed by atoms with van der Waals surface area (Å²) in [7, 11) is 1.50. The van der Waals surface area contributed by atoms with Gasteiger partial charge in [0.1, 0.15) is 0 Å². The van der Waals surface area contributed by atoms with E-state index in [-0.39, 0.29) is 10.8 Å². The van der Waals surface area contributed by atoms with Crippen LogP contribution in [0.3, 0.4) is 0 Å². The van der Waals surface area contributed by atoms with Crippen LogP contribution in [0.2, 0.25) is 0 Å². The lowest BCUT2D eigenvalue weighted by atomic mass is 9.70. The van der Waals surface area contributed by atoms with Crippen molar-refractivity contribution in [3.05, 3.63) is 239 Å². The van der Waals surface area contributed by atoms with Gasteiger partial charge in [-0.2, -0.15) is 0 Å². The predicted octanol–water partition coefficient (Wildman–Crippen LogP) is 13.0. The van der Waals surface area contributed by atoms with Crippen molar-refractivity contribution < 1.29 is 0 Å². The lowest BCUT2D eigenvalue weighted by molar-refractivity contribution is 0.641. The maximum absolute atomic E-state index is 5.35.